The Hall–Kier alpha value is -2.08. The standard InChI is InChI=1S/C13H14N2O4/c1-8-7-18-6-5-15(8)13-14-11-9(12(16)17)3-2-4-10(11)19-13/h2-4,8H,5-7H2,1H3,(H,16,17)/t8-/m0/s1. The summed E-state index contributed by atoms with van der Waals surface area (Å²) in [4.78, 5) is 17.5. The molecule has 2 aromatic rings. The van der Waals surface area contributed by atoms with Gasteiger partial charge in [-0.25, -0.2) is 4.79 Å². The summed E-state index contributed by atoms with van der Waals surface area (Å²) in [6.45, 7) is 3.95. The van der Waals surface area contributed by atoms with Crippen molar-refractivity contribution in [3.8, 4) is 0 Å². The number of aromatic carboxylic acids is 1. The number of oxazole rings is 1. The summed E-state index contributed by atoms with van der Waals surface area (Å²) in [5.41, 5.74) is 1.05. The molecule has 3 rings (SSSR count). The van der Waals surface area contributed by atoms with E-state index >= 15 is 0 Å². The molecular weight excluding hydrogens is 248 g/mol. The molecule has 6 nitrogen and oxygen atoms in total. The zero-order valence-electron chi connectivity index (χ0n) is 10.5. The molecule has 0 saturated carbocycles. The summed E-state index contributed by atoms with van der Waals surface area (Å²) in [6.07, 6.45) is 0. The first-order valence-electron chi connectivity index (χ1n) is 6.14. The number of aromatic nitrogens is 1. The number of carbonyl (C=O) groups is 1. The fourth-order valence-electron chi connectivity index (χ4n) is 2.24. The second-order valence-corrected chi connectivity index (χ2v) is 4.57. The van der Waals surface area contributed by atoms with Crippen molar-refractivity contribution in [3.05, 3.63) is 23.8 Å². The molecule has 6 heteroatoms. The van der Waals surface area contributed by atoms with Crippen molar-refractivity contribution in [2.75, 3.05) is 24.7 Å². The summed E-state index contributed by atoms with van der Waals surface area (Å²) >= 11 is 0. The Morgan fingerprint density at radius 3 is 3.11 bits per heavy atom. The number of fused-ring (bicyclic) bond motifs is 1. The molecule has 1 aliphatic heterocycles. The quantitative estimate of drug-likeness (QED) is 0.888. The van der Waals surface area contributed by atoms with Crippen LogP contribution in [0, 0.1) is 0 Å². The average molecular weight is 262 g/mol. The molecule has 1 aliphatic rings. The van der Waals surface area contributed by atoms with E-state index in [1.807, 2.05) is 11.8 Å². The molecule has 0 bridgehead atoms. The highest BCUT2D eigenvalue weighted by Crippen LogP contribution is 2.26. The van der Waals surface area contributed by atoms with Crippen LogP contribution in [0.1, 0.15) is 17.3 Å². The Bertz CT molecular complexity index is 622. The van der Waals surface area contributed by atoms with E-state index in [0.717, 1.165) is 0 Å². The molecule has 19 heavy (non-hydrogen) atoms. The van der Waals surface area contributed by atoms with Gasteiger partial charge in [0, 0.05) is 6.54 Å². The van der Waals surface area contributed by atoms with Gasteiger partial charge in [-0.1, -0.05) is 6.07 Å². The summed E-state index contributed by atoms with van der Waals surface area (Å²) in [5, 5.41) is 9.14. The topological polar surface area (TPSA) is 75.8 Å². The van der Waals surface area contributed by atoms with Crippen LogP contribution in [0.15, 0.2) is 22.6 Å². The second kappa shape index (κ2) is 4.55. The van der Waals surface area contributed by atoms with Crippen molar-refractivity contribution < 1.29 is 19.1 Å². The maximum Gasteiger partial charge on any atom is 0.338 e. The third-order valence-corrected chi connectivity index (χ3v) is 3.25. The van der Waals surface area contributed by atoms with Crippen molar-refractivity contribution >= 4 is 23.1 Å². The number of para-hydroxylation sites is 1. The Balaban J connectivity index is 2.06. The molecule has 0 amide bonds. The fraction of sp³-hybridized carbons (Fsp3) is 0.385. The first-order valence-corrected chi connectivity index (χ1v) is 6.14. The van der Waals surface area contributed by atoms with E-state index in [2.05, 4.69) is 4.98 Å². The molecule has 1 aromatic carbocycles. The van der Waals surface area contributed by atoms with Gasteiger partial charge in [-0.3, -0.25) is 0 Å². The van der Waals surface area contributed by atoms with E-state index in [0.29, 0.717) is 36.9 Å². The SMILES string of the molecule is C[C@H]1COCCN1c1nc2c(C(=O)O)cccc2o1. The van der Waals surface area contributed by atoms with E-state index < -0.39 is 5.97 Å². The molecule has 1 aromatic heterocycles. The molecule has 1 atom stereocenters. The van der Waals surface area contributed by atoms with Crippen LogP contribution >= 0.6 is 0 Å². The predicted molar refractivity (Wildman–Crippen MR) is 68.6 cm³/mol. The van der Waals surface area contributed by atoms with Crippen LogP contribution in [0.5, 0.6) is 0 Å². The van der Waals surface area contributed by atoms with Crippen molar-refractivity contribution in [2.24, 2.45) is 0 Å². The minimum atomic E-state index is -1.000. The number of anilines is 1. The van der Waals surface area contributed by atoms with Crippen LogP contribution in [0.3, 0.4) is 0 Å². The summed E-state index contributed by atoms with van der Waals surface area (Å²) in [6, 6.07) is 5.53. The smallest absolute Gasteiger partial charge is 0.338 e. The van der Waals surface area contributed by atoms with Crippen LogP contribution in [-0.2, 0) is 4.74 Å². The van der Waals surface area contributed by atoms with Crippen LogP contribution < -0.4 is 4.90 Å². The lowest BCUT2D eigenvalue weighted by atomic mass is 10.2. The minimum Gasteiger partial charge on any atom is -0.478 e. The third-order valence-electron chi connectivity index (χ3n) is 3.25. The summed E-state index contributed by atoms with van der Waals surface area (Å²) in [7, 11) is 0. The zero-order chi connectivity index (χ0) is 13.4. The fourth-order valence-corrected chi connectivity index (χ4v) is 2.24. The van der Waals surface area contributed by atoms with E-state index in [4.69, 9.17) is 14.3 Å². The summed E-state index contributed by atoms with van der Waals surface area (Å²) in [5.74, 6) is -1.000. The highest BCUT2D eigenvalue weighted by atomic mass is 16.5. The van der Waals surface area contributed by atoms with Gasteiger partial charge in [-0.2, -0.15) is 4.98 Å². The lowest BCUT2D eigenvalue weighted by Gasteiger charge is -2.31. The molecular formula is C13H14N2O4. The van der Waals surface area contributed by atoms with E-state index in [1.165, 1.54) is 6.07 Å². The van der Waals surface area contributed by atoms with Gasteiger partial charge in [0.05, 0.1) is 24.8 Å². The maximum absolute atomic E-state index is 11.1. The van der Waals surface area contributed by atoms with Crippen molar-refractivity contribution in [1.82, 2.24) is 4.98 Å². The zero-order valence-corrected chi connectivity index (χ0v) is 10.5. The van der Waals surface area contributed by atoms with Crippen molar-refractivity contribution in [1.29, 1.82) is 0 Å². The monoisotopic (exact) mass is 262 g/mol. The first-order chi connectivity index (χ1) is 9.16. The molecule has 0 radical (unpaired) electrons. The van der Waals surface area contributed by atoms with E-state index in [1.54, 1.807) is 12.1 Å². The number of hydrogen-bond acceptors (Lipinski definition) is 5. The summed E-state index contributed by atoms with van der Waals surface area (Å²) < 4.78 is 11.0. The third kappa shape index (κ3) is 2.04. The van der Waals surface area contributed by atoms with E-state index in [-0.39, 0.29) is 11.6 Å². The molecule has 100 valence electrons. The predicted octanol–water partition coefficient (Wildman–Crippen LogP) is 1.75. The lowest BCUT2D eigenvalue weighted by Crippen LogP contribution is -2.43. The Morgan fingerprint density at radius 1 is 1.53 bits per heavy atom. The van der Waals surface area contributed by atoms with Crippen LogP contribution in [0.2, 0.25) is 0 Å². The Labute approximate surface area is 109 Å². The van der Waals surface area contributed by atoms with Crippen molar-refractivity contribution in [2.45, 2.75) is 13.0 Å². The van der Waals surface area contributed by atoms with Gasteiger partial charge in [0.2, 0.25) is 0 Å². The minimum absolute atomic E-state index is 0.161. The molecule has 0 spiro atoms. The average Bonchev–Trinajstić information content (AvgIpc) is 2.82. The lowest BCUT2D eigenvalue weighted by molar-refractivity contribution is 0.0699. The first kappa shape index (κ1) is 12.0. The molecule has 2 heterocycles. The number of benzene rings is 1. The highest BCUT2D eigenvalue weighted by Gasteiger charge is 2.24. The van der Waals surface area contributed by atoms with Crippen molar-refractivity contribution in [3.63, 3.8) is 0 Å². The van der Waals surface area contributed by atoms with Gasteiger partial charge < -0.3 is 19.2 Å². The molecule has 1 saturated heterocycles. The number of nitrogens with zero attached hydrogens (tertiary/aromatic N) is 2. The van der Waals surface area contributed by atoms with Crippen LogP contribution in [-0.4, -0.2) is 41.9 Å². The van der Waals surface area contributed by atoms with Gasteiger partial charge in [0.1, 0.15) is 5.52 Å². The van der Waals surface area contributed by atoms with Gasteiger partial charge in [0.15, 0.2) is 5.58 Å². The number of carboxylic acid groups (broad SMARTS) is 1. The Morgan fingerprint density at radius 2 is 2.37 bits per heavy atom. The number of carboxylic acids is 1. The normalized spacial score (nSPS) is 19.8. The van der Waals surface area contributed by atoms with Gasteiger partial charge in [0.25, 0.3) is 6.01 Å². The molecule has 0 aliphatic carbocycles. The van der Waals surface area contributed by atoms with Gasteiger partial charge in [-0.05, 0) is 19.1 Å². The maximum atomic E-state index is 11.1. The van der Waals surface area contributed by atoms with Gasteiger partial charge >= 0.3 is 5.97 Å². The highest BCUT2D eigenvalue weighted by molar-refractivity contribution is 6.00. The number of rotatable bonds is 2. The number of ether oxygens (including phenoxy) is 1. The molecule has 0 unspecified atom stereocenters. The number of hydrogen-bond donors (Lipinski definition) is 1. The second-order valence-electron chi connectivity index (χ2n) is 4.57. The Kier molecular flexibility index (Phi) is 2.87. The van der Waals surface area contributed by atoms with Crippen LogP contribution in [0.4, 0.5) is 6.01 Å². The largest absolute Gasteiger partial charge is 0.478 e. The van der Waals surface area contributed by atoms with E-state index in [9.17, 15) is 4.79 Å². The van der Waals surface area contributed by atoms with Crippen LogP contribution in [0.25, 0.3) is 11.1 Å². The number of morpholine rings is 1. The molecule has 1 fully saturated rings. The molecule has 1 N–H and O–H groups in total. The van der Waals surface area contributed by atoms with Gasteiger partial charge in [-0.15, -0.1) is 0 Å².